The first kappa shape index (κ1) is 21.7. The summed E-state index contributed by atoms with van der Waals surface area (Å²) < 4.78 is 72.6. The molecule has 0 aliphatic carbocycles. The smallest absolute Gasteiger partial charge is 0.232 e. The van der Waals surface area contributed by atoms with Crippen LogP contribution in [0, 0.1) is 14.9 Å². The molecule has 0 amide bonds. The molecular formula is C13H4Cl2F6IN3. The van der Waals surface area contributed by atoms with Gasteiger partial charge >= 0.3 is 12.4 Å². The van der Waals surface area contributed by atoms with Gasteiger partial charge in [-0.2, -0.15) is 31.6 Å². The molecule has 2 heterocycles. The van der Waals surface area contributed by atoms with Gasteiger partial charge in [-0.3, -0.25) is 0 Å². The van der Waals surface area contributed by atoms with Crippen molar-refractivity contribution < 1.29 is 26.3 Å². The van der Waals surface area contributed by atoms with Crippen LogP contribution in [0.15, 0.2) is 24.3 Å². The maximum atomic E-state index is 12.1. The number of aromatic nitrogens is 2. The van der Waals surface area contributed by atoms with Gasteiger partial charge in [-0.25, -0.2) is 9.97 Å². The van der Waals surface area contributed by atoms with Gasteiger partial charge in [0.25, 0.3) is 0 Å². The first-order chi connectivity index (χ1) is 11.3. The van der Waals surface area contributed by atoms with Gasteiger partial charge in [-0.15, -0.1) is 0 Å². The summed E-state index contributed by atoms with van der Waals surface area (Å²) in [6.07, 6.45) is -9.00. The molecule has 0 aromatic carbocycles. The fourth-order valence-corrected chi connectivity index (χ4v) is 2.51. The largest absolute Gasteiger partial charge is 0.433 e. The van der Waals surface area contributed by atoms with Crippen molar-refractivity contribution in [2.75, 3.05) is 0 Å². The Morgan fingerprint density at radius 2 is 1.28 bits per heavy atom. The Morgan fingerprint density at radius 1 is 0.840 bits per heavy atom. The van der Waals surface area contributed by atoms with Crippen LogP contribution < -0.4 is 0 Å². The van der Waals surface area contributed by atoms with Crippen molar-refractivity contribution in [1.82, 2.24) is 9.97 Å². The molecule has 0 saturated carbocycles. The highest BCUT2D eigenvalue weighted by atomic mass is 127. The molecule has 12 heteroatoms. The molecule has 0 radical (unpaired) electrons. The number of alkyl halides is 6. The second kappa shape index (κ2) is 8.37. The number of nitriles is 1. The lowest BCUT2D eigenvalue weighted by Gasteiger charge is -2.05. The SMILES string of the molecule is FC(F)(F)c1cc(I)cc(Cl)n1.N#Cc1cc(Cl)nc(C(F)(F)F)c1. The third kappa shape index (κ3) is 7.21. The fraction of sp³-hybridized carbons (Fsp3) is 0.154. The molecule has 0 fully saturated rings. The van der Waals surface area contributed by atoms with Gasteiger partial charge in [-0.1, -0.05) is 23.2 Å². The van der Waals surface area contributed by atoms with Gasteiger partial charge in [-0.05, 0) is 46.9 Å². The van der Waals surface area contributed by atoms with E-state index < -0.39 is 23.7 Å². The summed E-state index contributed by atoms with van der Waals surface area (Å²) in [6.45, 7) is 0. The van der Waals surface area contributed by atoms with Crippen LogP contribution in [0.3, 0.4) is 0 Å². The molecule has 0 spiro atoms. The Hall–Kier alpha value is -1.32. The zero-order valence-electron chi connectivity index (χ0n) is 11.6. The number of pyridine rings is 2. The molecule has 2 aromatic rings. The Morgan fingerprint density at radius 3 is 1.68 bits per heavy atom. The average Bonchev–Trinajstić information content (AvgIpc) is 2.44. The molecular weight excluding hydrogens is 510 g/mol. The molecule has 0 aliphatic heterocycles. The summed E-state index contributed by atoms with van der Waals surface area (Å²) in [5.41, 5.74) is -2.27. The minimum atomic E-state index is -4.57. The number of halogens is 9. The van der Waals surface area contributed by atoms with E-state index in [1.807, 2.05) is 0 Å². The van der Waals surface area contributed by atoms with Crippen LogP contribution in [0.1, 0.15) is 17.0 Å². The van der Waals surface area contributed by atoms with Gasteiger partial charge in [0.2, 0.25) is 0 Å². The molecule has 2 aromatic heterocycles. The monoisotopic (exact) mass is 513 g/mol. The van der Waals surface area contributed by atoms with Gasteiger partial charge < -0.3 is 0 Å². The van der Waals surface area contributed by atoms with Crippen molar-refractivity contribution in [2.24, 2.45) is 0 Å². The highest BCUT2D eigenvalue weighted by Crippen LogP contribution is 2.30. The molecule has 134 valence electrons. The Labute approximate surface area is 160 Å². The van der Waals surface area contributed by atoms with Gasteiger partial charge in [0.15, 0.2) is 0 Å². The van der Waals surface area contributed by atoms with Crippen LogP contribution in [0.5, 0.6) is 0 Å². The van der Waals surface area contributed by atoms with E-state index in [-0.39, 0.29) is 15.9 Å². The molecule has 2 rings (SSSR count). The predicted molar refractivity (Wildman–Crippen MR) is 85.9 cm³/mol. The fourth-order valence-electron chi connectivity index (χ4n) is 1.32. The van der Waals surface area contributed by atoms with E-state index >= 15 is 0 Å². The number of hydrogen-bond donors (Lipinski definition) is 0. The van der Waals surface area contributed by atoms with E-state index in [1.165, 1.54) is 6.07 Å². The highest BCUT2D eigenvalue weighted by Gasteiger charge is 2.33. The zero-order chi connectivity index (χ0) is 19.4. The second-order valence-electron chi connectivity index (χ2n) is 4.16. The van der Waals surface area contributed by atoms with Crippen molar-refractivity contribution in [2.45, 2.75) is 12.4 Å². The van der Waals surface area contributed by atoms with Crippen LogP contribution in [0.2, 0.25) is 10.3 Å². The molecule has 3 nitrogen and oxygen atoms in total. The Balaban J connectivity index is 0.000000251. The van der Waals surface area contributed by atoms with Gasteiger partial charge in [0.05, 0.1) is 11.6 Å². The molecule has 0 bridgehead atoms. The first-order valence-corrected chi connectivity index (χ1v) is 7.71. The number of hydrogen-bond acceptors (Lipinski definition) is 3. The third-order valence-corrected chi connectivity index (χ3v) is 3.27. The summed E-state index contributed by atoms with van der Waals surface area (Å²) >= 11 is 12.4. The maximum Gasteiger partial charge on any atom is 0.433 e. The summed E-state index contributed by atoms with van der Waals surface area (Å²) in [6, 6.07) is 5.56. The average molecular weight is 514 g/mol. The van der Waals surface area contributed by atoms with Gasteiger partial charge in [0, 0.05) is 3.57 Å². The highest BCUT2D eigenvalue weighted by molar-refractivity contribution is 14.1. The van der Waals surface area contributed by atoms with Crippen LogP contribution >= 0.6 is 45.8 Å². The zero-order valence-corrected chi connectivity index (χ0v) is 15.2. The number of rotatable bonds is 0. The topological polar surface area (TPSA) is 49.6 Å². The third-order valence-electron chi connectivity index (χ3n) is 2.26. The summed E-state index contributed by atoms with van der Waals surface area (Å²) in [4.78, 5) is 6.18. The lowest BCUT2D eigenvalue weighted by molar-refractivity contribution is -0.142. The van der Waals surface area contributed by atoms with Crippen LogP contribution in [-0.2, 0) is 12.4 Å². The standard InChI is InChI=1S/C7H2ClF3N2.C6H2ClF3IN/c8-6-2-4(3-12)1-5(13-6)7(9,10)11;7-5-2-3(11)1-4(12-5)6(8,9)10/h1-2H;1-2H. The summed E-state index contributed by atoms with van der Waals surface area (Å²) in [5.74, 6) is 0. The molecule has 0 saturated heterocycles. The van der Waals surface area contributed by atoms with Crippen LogP contribution in [0.4, 0.5) is 26.3 Å². The van der Waals surface area contributed by atoms with E-state index in [4.69, 9.17) is 28.5 Å². The van der Waals surface area contributed by atoms with Crippen LogP contribution in [0.25, 0.3) is 0 Å². The summed E-state index contributed by atoms with van der Waals surface area (Å²) in [7, 11) is 0. The van der Waals surface area contributed by atoms with E-state index in [0.29, 0.717) is 9.64 Å². The maximum absolute atomic E-state index is 12.1. The molecule has 0 unspecified atom stereocenters. The van der Waals surface area contributed by atoms with Crippen molar-refractivity contribution in [3.8, 4) is 6.07 Å². The quantitative estimate of drug-likeness (QED) is 0.247. The van der Waals surface area contributed by atoms with Crippen LogP contribution in [-0.4, -0.2) is 9.97 Å². The van der Waals surface area contributed by atoms with Crippen molar-refractivity contribution in [1.29, 1.82) is 5.26 Å². The lowest BCUT2D eigenvalue weighted by atomic mass is 10.2. The van der Waals surface area contributed by atoms with Crippen molar-refractivity contribution in [3.63, 3.8) is 0 Å². The Kier molecular flexibility index (Phi) is 7.28. The van der Waals surface area contributed by atoms with Crippen molar-refractivity contribution in [3.05, 3.63) is 55.1 Å². The molecule has 25 heavy (non-hydrogen) atoms. The van der Waals surface area contributed by atoms with E-state index in [9.17, 15) is 26.3 Å². The predicted octanol–water partition coefficient (Wildman–Crippen LogP) is 5.98. The van der Waals surface area contributed by atoms with E-state index in [2.05, 4.69) is 9.97 Å². The van der Waals surface area contributed by atoms with Crippen molar-refractivity contribution >= 4 is 45.8 Å². The van der Waals surface area contributed by atoms with E-state index in [1.54, 1.807) is 28.7 Å². The lowest BCUT2D eigenvalue weighted by Crippen LogP contribution is -2.08. The molecule has 0 aliphatic rings. The normalized spacial score (nSPS) is 11.4. The van der Waals surface area contributed by atoms with Gasteiger partial charge in [0.1, 0.15) is 21.7 Å². The van der Waals surface area contributed by atoms with E-state index in [0.717, 1.165) is 12.1 Å². The minimum Gasteiger partial charge on any atom is -0.232 e. The Bertz CT molecular complexity index is 782. The summed E-state index contributed by atoms with van der Waals surface area (Å²) in [5, 5.41) is 7.86. The molecule has 0 N–H and O–H groups in total. The second-order valence-corrected chi connectivity index (χ2v) is 6.18. The molecule has 0 atom stereocenters. The first-order valence-electron chi connectivity index (χ1n) is 5.88. The number of nitrogens with zero attached hydrogens (tertiary/aromatic N) is 3. The minimum absolute atomic E-state index is 0.144.